The summed E-state index contributed by atoms with van der Waals surface area (Å²) in [6.07, 6.45) is 2.01. The molecule has 0 atom stereocenters. The standard InChI is InChI=1S/C18H19NO3/c1-3-21-18(20)16-13-10-22-15-7-6-11(2)9-12(15)17(13)19-8-4-5-14(16)19/h6-7,9H,3-5,8,10H2,1-2H3. The Morgan fingerprint density at radius 2 is 2.27 bits per heavy atom. The lowest BCUT2D eigenvalue weighted by Crippen LogP contribution is -2.12. The van der Waals surface area contributed by atoms with Gasteiger partial charge in [-0.05, 0) is 38.8 Å². The number of carbonyl (C=O) groups is 1. The smallest absolute Gasteiger partial charge is 0.340 e. The van der Waals surface area contributed by atoms with Crippen molar-refractivity contribution in [2.45, 2.75) is 39.8 Å². The molecule has 0 bridgehead atoms. The second-order valence-corrected chi connectivity index (χ2v) is 5.91. The average molecular weight is 297 g/mol. The minimum Gasteiger partial charge on any atom is -0.488 e. The summed E-state index contributed by atoms with van der Waals surface area (Å²) in [4.78, 5) is 12.4. The molecule has 2 aromatic rings. The van der Waals surface area contributed by atoms with E-state index < -0.39 is 0 Å². The molecule has 2 aliphatic heterocycles. The second kappa shape index (κ2) is 4.90. The van der Waals surface area contributed by atoms with Crippen LogP contribution in [0.25, 0.3) is 11.3 Å². The molecule has 0 fully saturated rings. The average Bonchev–Trinajstić information content (AvgIpc) is 3.06. The maximum atomic E-state index is 12.4. The van der Waals surface area contributed by atoms with Crippen molar-refractivity contribution in [1.29, 1.82) is 0 Å². The molecule has 2 aliphatic rings. The molecule has 4 rings (SSSR count). The number of nitrogens with zero attached hydrogens (tertiary/aromatic N) is 1. The number of aryl methyl sites for hydroxylation is 1. The van der Waals surface area contributed by atoms with Gasteiger partial charge in [-0.25, -0.2) is 4.79 Å². The third kappa shape index (κ3) is 1.79. The molecule has 1 aromatic carbocycles. The third-order valence-corrected chi connectivity index (χ3v) is 4.51. The number of benzene rings is 1. The van der Waals surface area contributed by atoms with E-state index in [9.17, 15) is 4.79 Å². The van der Waals surface area contributed by atoms with Gasteiger partial charge in [0, 0.05) is 23.4 Å². The number of rotatable bonds is 2. The van der Waals surface area contributed by atoms with Gasteiger partial charge in [0.05, 0.1) is 17.9 Å². The summed E-state index contributed by atoms with van der Waals surface area (Å²) in [6, 6.07) is 6.23. The molecule has 0 unspecified atom stereocenters. The molecule has 4 heteroatoms. The van der Waals surface area contributed by atoms with E-state index in [0.29, 0.717) is 13.2 Å². The number of hydrogen-bond donors (Lipinski definition) is 0. The first-order valence-corrected chi connectivity index (χ1v) is 7.86. The van der Waals surface area contributed by atoms with Crippen LogP contribution in [-0.4, -0.2) is 17.1 Å². The van der Waals surface area contributed by atoms with Crippen LogP contribution in [0.15, 0.2) is 18.2 Å². The van der Waals surface area contributed by atoms with E-state index >= 15 is 0 Å². The van der Waals surface area contributed by atoms with E-state index in [1.54, 1.807) is 0 Å². The van der Waals surface area contributed by atoms with E-state index in [2.05, 4.69) is 23.6 Å². The largest absolute Gasteiger partial charge is 0.488 e. The van der Waals surface area contributed by atoms with Gasteiger partial charge in [0.25, 0.3) is 0 Å². The van der Waals surface area contributed by atoms with Crippen molar-refractivity contribution in [2.24, 2.45) is 0 Å². The van der Waals surface area contributed by atoms with Gasteiger partial charge in [-0.2, -0.15) is 0 Å². The Hall–Kier alpha value is -2.23. The van der Waals surface area contributed by atoms with Gasteiger partial charge in [-0.3, -0.25) is 0 Å². The van der Waals surface area contributed by atoms with Gasteiger partial charge in [0.2, 0.25) is 0 Å². The lowest BCUT2D eigenvalue weighted by atomic mass is 9.98. The Morgan fingerprint density at radius 1 is 1.41 bits per heavy atom. The SMILES string of the molecule is CCOC(=O)c1c2c(n3c1CCC3)-c1cc(C)ccc1OC2. The molecule has 0 radical (unpaired) electrons. The Kier molecular flexibility index (Phi) is 2.99. The van der Waals surface area contributed by atoms with Crippen LogP contribution < -0.4 is 4.74 Å². The topological polar surface area (TPSA) is 40.5 Å². The Morgan fingerprint density at radius 3 is 3.09 bits per heavy atom. The molecule has 114 valence electrons. The Labute approximate surface area is 129 Å². The number of ether oxygens (including phenoxy) is 2. The normalized spacial score (nSPS) is 14.8. The quantitative estimate of drug-likeness (QED) is 0.797. The van der Waals surface area contributed by atoms with Crippen LogP contribution in [0.4, 0.5) is 0 Å². The zero-order valence-corrected chi connectivity index (χ0v) is 12.9. The molecular formula is C18H19NO3. The van der Waals surface area contributed by atoms with Crippen LogP contribution in [-0.2, 0) is 24.3 Å². The summed E-state index contributed by atoms with van der Waals surface area (Å²) in [6.45, 7) is 5.73. The van der Waals surface area contributed by atoms with Crippen LogP contribution in [0.3, 0.4) is 0 Å². The molecule has 22 heavy (non-hydrogen) atoms. The van der Waals surface area contributed by atoms with Crippen molar-refractivity contribution in [3.05, 3.63) is 40.6 Å². The first-order chi connectivity index (χ1) is 10.7. The molecular weight excluding hydrogens is 278 g/mol. The summed E-state index contributed by atoms with van der Waals surface area (Å²) in [7, 11) is 0. The molecule has 0 spiro atoms. The first kappa shape index (κ1) is 13.4. The minimum atomic E-state index is -0.214. The van der Waals surface area contributed by atoms with Crippen molar-refractivity contribution >= 4 is 5.97 Å². The fourth-order valence-electron chi connectivity index (χ4n) is 3.63. The summed E-state index contributed by atoms with van der Waals surface area (Å²) >= 11 is 0. The van der Waals surface area contributed by atoms with Crippen LogP contribution in [0.5, 0.6) is 5.75 Å². The molecule has 0 saturated heterocycles. The van der Waals surface area contributed by atoms with E-state index in [4.69, 9.17) is 9.47 Å². The van der Waals surface area contributed by atoms with E-state index in [1.165, 1.54) is 5.56 Å². The highest BCUT2D eigenvalue weighted by Gasteiger charge is 2.34. The van der Waals surface area contributed by atoms with Crippen molar-refractivity contribution in [1.82, 2.24) is 4.57 Å². The Bertz CT molecular complexity index is 773. The summed E-state index contributed by atoms with van der Waals surface area (Å²) in [5.74, 6) is 0.690. The van der Waals surface area contributed by atoms with Crippen molar-refractivity contribution in [3.8, 4) is 17.0 Å². The Balaban J connectivity index is 1.96. The zero-order chi connectivity index (χ0) is 15.3. The highest BCUT2D eigenvalue weighted by atomic mass is 16.5. The summed E-state index contributed by atoms with van der Waals surface area (Å²) < 4.78 is 13.5. The first-order valence-electron chi connectivity index (χ1n) is 7.86. The molecule has 4 nitrogen and oxygen atoms in total. The fraction of sp³-hybridized carbons (Fsp3) is 0.389. The van der Waals surface area contributed by atoms with E-state index in [-0.39, 0.29) is 5.97 Å². The molecule has 0 amide bonds. The van der Waals surface area contributed by atoms with Gasteiger partial charge >= 0.3 is 5.97 Å². The number of hydrogen-bond acceptors (Lipinski definition) is 3. The predicted molar refractivity (Wildman–Crippen MR) is 83.2 cm³/mol. The number of carbonyl (C=O) groups excluding carboxylic acids is 1. The lowest BCUT2D eigenvalue weighted by molar-refractivity contribution is 0.0522. The van der Waals surface area contributed by atoms with Crippen LogP contribution >= 0.6 is 0 Å². The van der Waals surface area contributed by atoms with Crippen LogP contribution in [0, 0.1) is 6.92 Å². The molecule has 0 saturated carbocycles. The van der Waals surface area contributed by atoms with Gasteiger partial charge < -0.3 is 14.0 Å². The lowest BCUT2D eigenvalue weighted by Gasteiger charge is -2.21. The van der Waals surface area contributed by atoms with E-state index in [0.717, 1.165) is 53.2 Å². The maximum absolute atomic E-state index is 12.4. The summed E-state index contributed by atoms with van der Waals surface area (Å²) in [5.41, 5.74) is 6.29. The maximum Gasteiger partial charge on any atom is 0.340 e. The highest BCUT2D eigenvalue weighted by Crippen LogP contribution is 2.44. The molecule has 1 aromatic heterocycles. The van der Waals surface area contributed by atoms with Gasteiger partial charge in [0.15, 0.2) is 0 Å². The van der Waals surface area contributed by atoms with Crippen LogP contribution in [0.1, 0.15) is 40.5 Å². The van der Waals surface area contributed by atoms with Gasteiger partial charge in [-0.1, -0.05) is 11.6 Å². The third-order valence-electron chi connectivity index (χ3n) is 4.51. The zero-order valence-electron chi connectivity index (χ0n) is 12.9. The number of esters is 1. The van der Waals surface area contributed by atoms with E-state index in [1.807, 2.05) is 13.0 Å². The van der Waals surface area contributed by atoms with Gasteiger partial charge in [0.1, 0.15) is 12.4 Å². The minimum absolute atomic E-state index is 0.214. The number of aromatic nitrogens is 1. The summed E-state index contributed by atoms with van der Waals surface area (Å²) in [5, 5.41) is 0. The molecule has 0 N–H and O–H groups in total. The highest BCUT2D eigenvalue weighted by molar-refractivity contribution is 5.96. The predicted octanol–water partition coefficient (Wildman–Crippen LogP) is 3.48. The van der Waals surface area contributed by atoms with Crippen molar-refractivity contribution < 1.29 is 14.3 Å². The van der Waals surface area contributed by atoms with Gasteiger partial charge in [-0.15, -0.1) is 0 Å². The molecule has 0 aliphatic carbocycles. The monoisotopic (exact) mass is 297 g/mol. The molecule has 3 heterocycles. The van der Waals surface area contributed by atoms with Crippen LogP contribution in [0.2, 0.25) is 0 Å². The van der Waals surface area contributed by atoms with Crippen molar-refractivity contribution in [3.63, 3.8) is 0 Å². The fourth-order valence-corrected chi connectivity index (χ4v) is 3.63. The number of fused-ring (bicyclic) bond motifs is 5. The van der Waals surface area contributed by atoms with Crippen molar-refractivity contribution in [2.75, 3.05) is 6.61 Å². The second-order valence-electron chi connectivity index (χ2n) is 5.91.